The normalized spacial score (nSPS) is 15.1. The molecule has 2 fully saturated rings. The van der Waals surface area contributed by atoms with Crippen LogP contribution in [0.1, 0.15) is 68.0 Å². The summed E-state index contributed by atoms with van der Waals surface area (Å²) in [7, 11) is 1.50. The molecule has 0 aliphatic carbocycles. The van der Waals surface area contributed by atoms with Crippen molar-refractivity contribution in [3.05, 3.63) is 119 Å². The maximum Gasteiger partial charge on any atom is 0.243 e. The smallest absolute Gasteiger partial charge is 0.243 e. The Bertz CT molecular complexity index is 2590. The number of phenolic OH excluding ortho intramolecular Hbond substituents is 1. The zero-order chi connectivity index (χ0) is 44.3. The van der Waals surface area contributed by atoms with Crippen LogP contribution in [0.5, 0.6) is 5.75 Å². The van der Waals surface area contributed by atoms with Gasteiger partial charge in [-0.15, -0.1) is 21.5 Å². The van der Waals surface area contributed by atoms with Gasteiger partial charge in [-0.2, -0.15) is 0 Å². The van der Waals surface area contributed by atoms with E-state index in [1.54, 1.807) is 28.4 Å². The van der Waals surface area contributed by atoms with E-state index < -0.39 is 0 Å². The van der Waals surface area contributed by atoms with Gasteiger partial charge in [0.05, 0.1) is 27.3 Å². The number of benzene rings is 3. The van der Waals surface area contributed by atoms with Crippen molar-refractivity contribution in [2.75, 3.05) is 31.6 Å². The summed E-state index contributed by atoms with van der Waals surface area (Å²) in [5.74, 6) is 2.73. The summed E-state index contributed by atoms with van der Waals surface area (Å²) in [6.45, 7) is 9.25. The van der Waals surface area contributed by atoms with Crippen molar-refractivity contribution in [3.63, 3.8) is 0 Å². The van der Waals surface area contributed by atoms with Gasteiger partial charge in [0.1, 0.15) is 23.2 Å². The van der Waals surface area contributed by atoms with Crippen molar-refractivity contribution in [2.24, 2.45) is 11.7 Å². The van der Waals surface area contributed by atoms with Crippen LogP contribution >= 0.6 is 11.3 Å². The topological polar surface area (TPSA) is 189 Å². The second kappa shape index (κ2) is 21.0. The Kier molecular flexibility index (Phi) is 14.8. The van der Waals surface area contributed by atoms with E-state index in [0.717, 1.165) is 102 Å². The maximum absolute atomic E-state index is 12.2. The molecule has 6 heterocycles. The molecular weight excluding hydrogens is 813 g/mol. The number of nitrogens with zero attached hydrogens (tertiary/aromatic N) is 8. The Morgan fingerprint density at radius 2 is 1.68 bits per heavy atom. The van der Waals surface area contributed by atoms with Gasteiger partial charge in [0, 0.05) is 67.6 Å². The monoisotopic (exact) mass is 866 g/mol. The predicted octanol–water partition coefficient (Wildman–Crippen LogP) is 7.96. The second-order valence-electron chi connectivity index (χ2n) is 16.1. The van der Waals surface area contributed by atoms with Gasteiger partial charge in [-0.25, -0.2) is 15.0 Å². The van der Waals surface area contributed by atoms with Crippen LogP contribution in [0, 0.1) is 12.8 Å². The molecule has 7 aromatic rings. The third-order valence-corrected chi connectivity index (χ3v) is 12.3. The molecule has 1 atom stereocenters. The van der Waals surface area contributed by atoms with Gasteiger partial charge in [-0.1, -0.05) is 61.5 Å². The maximum atomic E-state index is 12.2. The molecule has 0 radical (unpaired) electrons. The molecule has 3 aromatic carbocycles. The number of piperidine rings is 1. The first kappa shape index (κ1) is 44.5. The SMILES string of the molecule is CC(C)Cc1cc(-c2cnc(N3CCC(c4ccc5nnc(-c6ccccc6O)cc5c4)CC3)nc2)no1.CN.Cc1ncsc1-c1ccc(CNC(=O)C2CCCN2C=O)cc1. The largest absolute Gasteiger partial charge is 0.507 e. The van der Waals surface area contributed by atoms with E-state index in [2.05, 4.69) is 84.4 Å². The van der Waals surface area contributed by atoms with Gasteiger partial charge in [0.2, 0.25) is 18.3 Å². The lowest BCUT2D eigenvalue weighted by atomic mass is 9.89. The standard InChI is InChI=1S/C30H30N6O2.C17H19N3O2S.CH5N/c1-19(2)13-24-16-27(35-38-24)23-17-31-30(32-18-23)36-11-9-20(10-12-36)21-7-8-26-22(14-21)15-28(34-33-26)25-5-3-4-6-29(25)37;1-12-16(23-10-19-12)14-6-4-13(5-7-14)9-18-17(22)15-3-2-8-20(15)11-21;1-2/h3-8,14-20,37H,9-13H2,1-2H3;4-7,10-11,15H,2-3,8-9H2,1H3,(H,18,22);2H2,1H3. The number of phenols is 1. The average molecular weight is 867 g/mol. The number of thiazole rings is 1. The molecule has 0 spiro atoms. The molecule has 4 N–H and O–H groups in total. The lowest BCUT2D eigenvalue weighted by molar-refractivity contribution is -0.131. The molecule has 2 amide bonds. The van der Waals surface area contributed by atoms with Gasteiger partial charge in [-0.05, 0) is 98.5 Å². The lowest BCUT2D eigenvalue weighted by Gasteiger charge is -2.32. The molecule has 2 aliphatic heterocycles. The quantitative estimate of drug-likeness (QED) is 0.107. The van der Waals surface area contributed by atoms with Crippen molar-refractivity contribution in [2.45, 2.75) is 71.4 Å². The van der Waals surface area contributed by atoms with Crippen molar-refractivity contribution in [3.8, 4) is 38.7 Å². The van der Waals surface area contributed by atoms with Gasteiger partial charge in [0.25, 0.3) is 0 Å². The summed E-state index contributed by atoms with van der Waals surface area (Å²) in [5, 5.41) is 27.1. The van der Waals surface area contributed by atoms with Gasteiger partial charge >= 0.3 is 0 Å². The Hall–Kier alpha value is -6.58. The number of aromatic nitrogens is 6. The minimum Gasteiger partial charge on any atom is -0.507 e. The fourth-order valence-corrected chi connectivity index (χ4v) is 8.78. The number of carbonyl (C=O) groups is 2. The zero-order valence-corrected chi connectivity index (χ0v) is 37.0. The summed E-state index contributed by atoms with van der Waals surface area (Å²) in [6.07, 6.45) is 8.96. The average Bonchev–Trinajstić information content (AvgIpc) is 4.11. The Morgan fingerprint density at radius 1 is 0.921 bits per heavy atom. The van der Waals surface area contributed by atoms with Gasteiger partial charge in [0.15, 0.2) is 0 Å². The first-order valence-electron chi connectivity index (χ1n) is 21.4. The number of fused-ring (bicyclic) bond motifs is 1. The summed E-state index contributed by atoms with van der Waals surface area (Å²) in [6, 6.07) is 25.4. The van der Waals surface area contributed by atoms with Gasteiger partial charge in [-0.3, -0.25) is 9.59 Å². The number of likely N-dealkylation sites (tertiary alicyclic amines) is 1. The van der Waals surface area contributed by atoms with Crippen LogP contribution in [-0.2, 0) is 22.6 Å². The number of anilines is 1. The molecule has 326 valence electrons. The number of para-hydroxylation sites is 1. The number of nitrogens with two attached hydrogens (primary N) is 1. The third kappa shape index (κ3) is 10.9. The summed E-state index contributed by atoms with van der Waals surface area (Å²) in [5.41, 5.74) is 14.7. The van der Waals surface area contributed by atoms with E-state index in [1.165, 1.54) is 17.5 Å². The van der Waals surface area contributed by atoms with Crippen LogP contribution in [0.4, 0.5) is 5.95 Å². The van der Waals surface area contributed by atoms with E-state index in [-0.39, 0.29) is 17.7 Å². The number of aryl methyl sites for hydroxylation is 1. The minimum absolute atomic E-state index is 0.0722. The van der Waals surface area contributed by atoms with Crippen molar-refractivity contribution < 1.29 is 19.2 Å². The summed E-state index contributed by atoms with van der Waals surface area (Å²) >= 11 is 1.63. The highest BCUT2D eigenvalue weighted by atomic mass is 32.1. The molecule has 14 nitrogen and oxygen atoms in total. The molecular formula is C48H54N10O4S. The van der Waals surface area contributed by atoms with E-state index in [9.17, 15) is 14.7 Å². The molecule has 2 saturated heterocycles. The number of carbonyl (C=O) groups excluding carboxylic acids is 2. The van der Waals surface area contributed by atoms with Crippen LogP contribution in [0.15, 0.2) is 101 Å². The number of rotatable bonds is 11. The molecule has 2 aliphatic rings. The van der Waals surface area contributed by atoms with Crippen LogP contribution in [-0.4, -0.2) is 85.4 Å². The fourth-order valence-electron chi connectivity index (χ4n) is 7.97. The number of nitrogens with one attached hydrogen (secondary N) is 1. The highest BCUT2D eigenvalue weighted by molar-refractivity contribution is 7.13. The molecule has 0 saturated carbocycles. The molecule has 1 unspecified atom stereocenters. The minimum atomic E-state index is -0.313. The summed E-state index contributed by atoms with van der Waals surface area (Å²) < 4.78 is 5.46. The second-order valence-corrected chi connectivity index (χ2v) is 16.9. The number of hydrogen-bond acceptors (Lipinski definition) is 13. The Morgan fingerprint density at radius 3 is 2.38 bits per heavy atom. The van der Waals surface area contributed by atoms with Crippen molar-refractivity contribution >= 4 is 40.5 Å². The molecule has 4 aromatic heterocycles. The number of hydrogen-bond donors (Lipinski definition) is 3. The Labute approximate surface area is 371 Å². The highest BCUT2D eigenvalue weighted by Crippen LogP contribution is 2.34. The van der Waals surface area contributed by atoms with Crippen LogP contribution in [0.2, 0.25) is 0 Å². The predicted molar refractivity (Wildman–Crippen MR) is 247 cm³/mol. The fraction of sp³-hybridized carbons (Fsp3) is 0.333. The molecule has 9 rings (SSSR count). The highest BCUT2D eigenvalue weighted by Gasteiger charge is 2.29. The third-order valence-electron chi connectivity index (χ3n) is 11.3. The van der Waals surface area contributed by atoms with Crippen molar-refractivity contribution in [1.82, 2.24) is 40.5 Å². The lowest BCUT2D eigenvalue weighted by Crippen LogP contribution is -2.42. The zero-order valence-electron chi connectivity index (χ0n) is 36.1. The first-order valence-corrected chi connectivity index (χ1v) is 22.2. The van der Waals surface area contributed by atoms with Crippen LogP contribution in [0.3, 0.4) is 0 Å². The van der Waals surface area contributed by atoms with E-state index in [0.29, 0.717) is 36.2 Å². The van der Waals surface area contributed by atoms with Crippen molar-refractivity contribution in [1.29, 1.82) is 0 Å². The first-order chi connectivity index (χ1) is 30.7. The number of aromatic hydroxyl groups is 1. The summed E-state index contributed by atoms with van der Waals surface area (Å²) in [4.78, 5) is 41.6. The number of amides is 2. The van der Waals surface area contributed by atoms with E-state index >= 15 is 0 Å². The van der Waals surface area contributed by atoms with E-state index in [1.807, 2.05) is 67.3 Å². The van der Waals surface area contributed by atoms with Crippen LogP contribution < -0.4 is 16.0 Å². The van der Waals surface area contributed by atoms with Gasteiger partial charge < -0.3 is 30.5 Å². The molecule has 0 bridgehead atoms. The Balaban J connectivity index is 0.000000204. The molecule has 63 heavy (non-hydrogen) atoms. The van der Waals surface area contributed by atoms with Crippen LogP contribution in [0.25, 0.3) is 43.9 Å². The molecule has 15 heteroatoms. The van der Waals surface area contributed by atoms with E-state index in [4.69, 9.17) is 4.52 Å².